The lowest BCUT2D eigenvalue weighted by molar-refractivity contribution is 0.0932. The van der Waals surface area contributed by atoms with Crippen LogP contribution in [0.3, 0.4) is 0 Å². The van der Waals surface area contributed by atoms with Gasteiger partial charge in [-0.05, 0) is 68.4 Å². The van der Waals surface area contributed by atoms with E-state index in [1.54, 1.807) is 0 Å². The summed E-state index contributed by atoms with van der Waals surface area (Å²) in [6.45, 7) is 12.7. The first kappa shape index (κ1) is 16.0. The van der Waals surface area contributed by atoms with Crippen molar-refractivity contribution in [2.24, 2.45) is 13.0 Å². The zero-order valence-electron chi connectivity index (χ0n) is 15.3. The van der Waals surface area contributed by atoms with Crippen LogP contribution in [0, 0.1) is 33.6 Å². The topological polar surface area (TPSA) is 34.9 Å². The summed E-state index contributed by atoms with van der Waals surface area (Å²) in [6.07, 6.45) is 1.91. The molecule has 0 saturated carbocycles. The van der Waals surface area contributed by atoms with Gasteiger partial charge in [0.05, 0.1) is 5.69 Å². The van der Waals surface area contributed by atoms with Gasteiger partial charge in [0, 0.05) is 24.1 Å². The molecule has 1 heterocycles. The molecule has 0 fully saturated rings. The van der Waals surface area contributed by atoms with E-state index in [4.69, 9.17) is 0 Å². The quantitative estimate of drug-likeness (QED) is 0.777. The number of ketones is 1. The summed E-state index contributed by atoms with van der Waals surface area (Å²) in [7, 11) is 1.97. The Morgan fingerprint density at radius 2 is 1.52 bits per heavy atom. The second-order valence-corrected chi connectivity index (χ2v) is 7.17. The highest BCUT2D eigenvalue weighted by atomic mass is 16.1. The zero-order valence-corrected chi connectivity index (χ0v) is 15.3. The number of carbonyl (C=O) groups is 1. The lowest BCUT2D eigenvalue weighted by Gasteiger charge is -2.25. The zero-order chi connectivity index (χ0) is 17.0. The molecule has 3 heteroatoms. The molecule has 0 bridgehead atoms. The van der Waals surface area contributed by atoms with Gasteiger partial charge in [0.1, 0.15) is 5.69 Å². The van der Waals surface area contributed by atoms with Crippen LogP contribution in [-0.2, 0) is 19.9 Å². The molecule has 1 aromatic carbocycles. The van der Waals surface area contributed by atoms with Crippen molar-refractivity contribution in [2.75, 3.05) is 0 Å². The lowest BCUT2D eigenvalue weighted by atomic mass is 9.79. The van der Waals surface area contributed by atoms with Crippen LogP contribution in [0.2, 0.25) is 0 Å². The van der Waals surface area contributed by atoms with Gasteiger partial charge in [-0.15, -0.1) is 0 Å². The molecule has 2 aromatic rings. The van der Waals surface area contributed by atoms with E-state index in [9.17, 15) is 4.79 Å². The highest BCUT2D eigenvalue weighted by molar-refractivity contribution is 5.99. The van der Waals surface area contributed by atoms with Crippen molar-refractivity contribution in [3.05, 3.63) is 39.1 Å². The van der Waals surface area contributed by atoms with Crippen molar-refractivity contribution in [1.29, 1.82) is 0 Å². The number of hydrogen-bond donors (Lipinski definition) is 0. The second-order valence-electron chi connectivity index (χ2n) is 7.17. The van der Waals surface area contributed by atoms with Crippen LogP contribution in [-0.4, -0.2) is 15.6 Å². The minimum Gasteiger partial charge on any atom is -0.292 e. The van der Waals surface area contributed by atoms with Crippen LogP contribution in [0.4, 0.5) is 0 Å². The average molecular weight is 310 g/mol. The predicted molar refractivity (Wildman–Crippen MR) is 94.2 cm³/mol. The van der Waals surface area contributed by atoms with Crippen LogP contribution in [0.1, 0.15) is 57.7 Å². The van der Waals surface area contributed by atoms with Gasteiger partial charge < -0.3 is 0 Å². The second kappa shape index (κ2) is 5.33. The molecule has 1 aromatic heterocycles. The molecule has 1 aliphatic rings. The third kappa shape index (κ3) is 2.17. The van der Waals surface area contributed by atoms with Gasteiger partial charge in [-0.25, -0.2) is 0 Å². The fourth-order valence-electron chi connectivity index (χ4n) is 3.86. The standard InChI is InChI=1S/C20H26N2O/c1-10(2)20(23)18-16-9-8-15-13(5)11(3)12(4)14(6)17(15)19(16)22(7)21-18/h10H,8-9H2,1-7H3. The summed E-state index contributed by atoms with van der Waals surface area (Å²) in [5, 5.41) is 4.60. The number of rotatable bonds is 2. The number of aromatic nitrogens is 2. The monoisotopic (exact) mass is 310 g/mol. The van der Waals surface area contributed by atoms with Crippen LogP contribution in [0.25, 0.3) is 11.3 Å². The van der Waals surface area contributed by atoms with E-state index in [0.717, 1.165) is 24.1 Å². The van der Waals surface area contributed by atoms with Gasteiger partial charge in [-0.3, -0.25) is 9.48 Å². The maximum Gasteiger partial charge on any atom is 0.185 e. The van der Waals surface area contributed by atoms with Gasteiger partial charge in [0.15, 0.2) is 5.78 Å². The fourth-order valence-corrected chi connectivity index (χ4v) is 3.86. The molecule has 3 rings (SSSR count). The Bertz CT molecular complexity index is 825. The van der Waals surface area contributed by atoms with Crippen molar-refractivity contribution in [2.45, 2.75) is 54.4 Å². The highest BCUT2D eigenvalue weighted by Gasteiger charge is 2.30. The van der Waals surface area contributed by atoms with E-state index in [2.05, 4.69) is 32.8 Å². The molecule has 0 aliphatic heterocycles. The van der Waals surface area contributed by atoms with Crippen molar-refractivity contribution in [3.8, 4) is 11.3 Å². The molecule has 23 heavy (non-hydrogen) atoms. The molecule has 0 radical (unpaired) electrons. The minimum atomic E-state index is -0.0158. The number of benzene rings is 1. The first-order chi connectivity index (χ1) is 10.8. The van der Waals surface area contributed by atoms with Crippen LogP contribution in [0.15, 0.2) is 0 Å². The number of hydrogen-bond acceptors (Lipinski definition) is 2. The summed E-state index contributed by atoms with van der Waals surface area (Å²) >= 11 is 0. The molecular weight excluding hydrogens is 284 g/mol. The van der Waals surface area contributed by atoms with Crippen molar-refractivity contribution >= 4 is 5.78 Å². The number of carbonyl (C=O) groups excluding carboxylic acids is 1. The number of fused-ring (bicyclic) bond motifs is 3. The van der Waals surface area contributed by atoms with Gasteiger partial charge in [0.2, 0.25) is 0 Å². The predicted octanol–water partition coefficient (Wildman–Crippen LogP) is 4.26. The number of Topliss-reactive ketones (excluding diaryl/α,β-unsaturated/α-hetero) is 1. The Kier molecular flexibility index (Phi) is 3.70. The van der Waals surface area contributed by atoms with Gasteiger partial charge in [0.25, 0.3) is 0 Å². The molecule has 122 valence electrons. The SMILES string of the molecule is Cc1c(C)c(C)c2c(c1C)CCc1c(C(=O)C(C)C)nn(C)c1-2. The van der Waals surface area contributed by atoms with Crippen molar-refractivity contribution < 1.29 is 4.79 Å². The summed E-state index contributed by atoms with van der Waals surface area (Å²) in [6, 6.07) is 0. The smallest absolute Gasteiger partial charge is 0.185 e. The molecule has 0 N–H and O–H groups in total. The minimum absolute atomic E-state index is 0.0158. The van der Waals surface area contributed by atoms with Gasteiger partial charge in [-0.2, -0.15) is 5.10 Å². The van der Waals surface area contributed by atoms with E-state index >= 15 is 0 Å². The Balaban J connectivity index is 2.33. The fraction of sp³-hybridized carbons (Fsp3) is 0.500. The molecule has 0 atom stereocenters. The summed E-state index contributed by atoms with van der Waals surface area (Å²) in [5.74, 6) is 0.140. The average Bonchev–Trinajstić information content (AvgIpc) is 2.86. The Morgan fingerprint density at radius 3 is 2.13 bits per heavy atom. The van der Waals surface area contributed by atoms with Crippen molar-refractivity contribution in [3.63, 3.8) is 0 Å². The third-order valence-electron chi connectivity index (χ3n) is 5.58. The first-order valence-electron chi connectivity index (χ1n) is 8.45. The van der Waals surface area contributed by atoms with Crippen LogP contribution < -0.4 is 0 Å². The Hall–Kier alpha value is -1.90. The third-order valence-corrected chi connectivity index (χ3v) is 5.58. The summed E-state index contributed by atoms with van der Waals surface area (Å²) in [5.41, 5.74) is 11.2. The van der Waals surface area contributed by atoms with Gasteiger partial charge in [-0.1, -0.05) is 13.8 Å². The molecular formula is C20H26N2O. The Morgan fingerprint density at radius 1 is 0.957 bits per heavy atom. The highest BCUT2D eigenvalue weighted by Crippen LogP contribution is 2.41. The summed E-state index contributed by atoms with van der Waals surface area (Å²) in [4.78, 5) is 12.5. The Labute approximate surface area is 138 Å². The van der Waals surface area contributed by atoms with E-state index < -0.39 is 0 Å². The molecule has 3 nitrogen and oxygen atoms in total. The largest absolute Gasteiger partial charge is 0.292 e. The normalized spacial score (nSPS) is 13.2. The van der Waals surface area contributed by atoms with Gasteiger partial charge >= 0.3 is 0 Å². The maximum absolute atomic E-state index is 12.5. The molecule has 0 spiro atoms. The summed E-state index contributed by atoms with van der Waals surface area (Å²) < 4.78 is 1.92. The number of nitrogens with zero attached hydrogens (tertiary/aromatic N) is 2. The van der Waals surface area contributed by atoms with E-state index in [1.807, 2.05) is 25.6 Å². The molecule has 1 aliphatic carbocycles. The first-order valence-corrected chi connectivity index (χ1v) is 8.45. The lowest BCUT2D eigenvalue weighted by Crippen LogP contribution is -2.14. The van der Waals surface area contributed by atoms with E-state index in [0.29, 0.717) is 5.69 Å². The number of aryl methyl sites for hydroxylation is 1. The van der Waals surface area contributed by atoms with Crippen LogP contribution in [0.5, 0.6) is 0 Å². The van der Waals surface area contributed by atoms with Crippen LogP contribution >= 0.6 is 0 Å². The van der Waals surface area contributed by atoms with E-state index in [1.165, 1.54) is 33.4 Å². The molecule has 0 amide bonds. The van der Waals surface area contributed by atoms with E-state index in [-0.39, 0.29) is 11.7 Å². The van der Waals surface area contributed by atoms with Crippen molar-refractivity contribution in [1.82, 2.24) is 9.78 Å². The maximum atomic E-state index is 12.5. The molecule has 0 unspecified atom stereocenters. The molecule has 0 saturated heterocycles.